The van der Waals surface area contributed by atoms with E-state index in [1.807, 2.05) is 30.9 Å². The summed E-state index contributed by atoms with van der Waals surface area (Å²) in [7, 11) is 1.93. The summed E-state index contributed by atoms with van der Waals surface area (Å²) in [4.78, 5) is 0. The van der Waals surface area contributed by atoms with E-state index in [1.165, 1.54) is 0 Å². The zero-order valence-corrected chi connectivity index (χ0v) is 11.6. The van der Waals surface area contributed by atoms with Gasteiger partial charge in [0, 0.05) is 13.2 Å². The Morgan fingerprint density at radius 2 is 2.17 bits per heavy atom. The van der Waals surface area contributed by atoms with Crippen LogP contribution in [0.2, 0.25) is 0 Å². The minimum atomic E-state index is -0.430. The first-order valence-electron chi connectivity index (χ1n) is 6.86. The third-order valence-electron chi connectivity index (χ3n) is 4.16. The molecule has 1 aliphatic carbocycles. The Kier molecular flexibility index (Phi) is 3.91. The smallest absolute Gasteiger partial charge is 0.0847 e. The average molecular weight is 248 g/mol. The molecule has 2 rings (SSSR count). The Hall–Kier alpha value is -1.09. The summed E-state index contributed by atoms with van der Waals surface area (Å²) in [5.41, 5.74) is 0.591. The summed E-state index contributed by atoms with van der Waals surface area (Å²) in [5, 5.41) is 14.3. The zero-order valence-electron chi connectivity index (χ0n) is 11.6. The van der Waals surface area contributed by atoms with Crippen molar-refractivity contribution in [2.24, 2.45) is 18.9 Å². The molecule has 0 radical (unpaired) electrons. The number of aryl methyl sites for hydroxylation is 1. The Bertz CT molecular complexity index is 410. The summed E-state index contributed by atoms with van der Waals surface area (Å²) >= 11 is 0. The normalized spacial score (nSPS) is 30.8. The van der Waals surface area contributed by atoms with Gasteiger partial charge < -0.3 is 5.11 Å². The molecule has 0 saturated heterocycles. The van der Waals surface area contributed by atoms with Crippen LogP contribution in [0.5, 0.6) is 0 Å². The van der Waals surface area contributed by atoms with Crippen molar-refractivity contribution < 1.29 is 5.11 Å². The van der Waals surface area contributed by atoms with Gasteiger partial charge in [-0.05, 0) is 56.6 Å². The number of hydrogen-bond donors (Lipinski definition) is 1. The van der Waals surface area contributed by atoms with Crippen molar-refractivity contribution in [3.05, 3.63) is 24.0 Å². The standard InChI is InChI=1S/C15H24N2O/c1-12(4-5-14-8-11-17(3)16-14)13-6-9-15(2,18)10-7-13/h4-5,8,11-13,18H,6-7,9-10H2,1-3H3/b5-4+. The van der Waals surface area contributed by atoms with Gasteiger partial charge in [-0.15, -0.1) is 0 Å². The second-order valence-corrected chi connectivity index (χ2v) is 5.97. The van der Waals surface area contributed by atoms with Crippen molar-refractivity contribution in [1.82, 2.24) is 9.78 Å². The van der Waals surface area contributed by atoms with Gasteiger partial charge in [-0.2, -0.15) is 5.10 Å². The first-order chi connectivity index (χ1) is 8.46. The van der Waals surface area contributed by atoms with Gasteiger partial charge in [0.25, 0.3) is 0 Å². The van der Waals surface area contributed by atoms with E-state index >= 15 is 0 Å². The molecule has 3 nitrogen and oxygen atoms in total. The lowest BCUT2D eigenvalue weighted by Gasteiger charge is -2.35. The summed E-state index contributed by atoms with van der Waals surface area (Å²) in [5.74, 6) is 1.26. The number of aliphatic hydroxyl groups is 1. The lowest BCUT2D eigenvalue weighted by Crippen LogP contribution is -2.32. The van der Waals surface area contributed by atoms with Gasteiger partial charge in [0.2, 0.25) is 0 Å². The quantitative estimate of drug-likeness (QED) is 0.893. The molecule has 1 saturated carbocycles. The first-order valence-corrected chi connectivity index (χ1v) is 6.86. The molecule has 0 aromatic carbocycles. The van der Waals surface area contributed by atoms with E-state index < -0.39 is 5.60 Å². The van der Waals surface area contributed by atoms with Crippen LogP contribution in [0.15, 0.2) is 18.3 Å². The molecule has 1 aromatic heterocycles. The van der Waals surface area contributed by atoms with Crippen molar-refractivity contribution in [2.45, 2.75) is 45.1 Å². The highest BCUT2D eigenvalue weighted by molar-refractivity contribution is 5.43. The van der Waals surface area contributed by atoms with Crippen LogP contribution < -0.4 is 0 Å². The van der Waals surface area contributed by atoms with E-state index in [1.54, 1.807) is 0 Å². The molecule has 100 valence electrons. The molecule has 1 N–H and O–H groups in total. The average Bonchev–Trinajstić information content (AvgIpc) is 2.72. The summed E-state index contributed by atoms with van der Waals surface area (Å²) in [6, 6.07) is 2.02. The van der Waals surface area contributed by atoms with Crippen LogP contribution in [0, 0.1) is 11.8 Å². The molecule has 1 unspecified atom stereocenters. The summed E-state index contributed by atoms with van der Waals surface area (Å²) in [6.45, 7) is 4.22. The Morgan fingerprint density at radius 3 is 2.72 bits per heavy atom. The molecule has 1 heterocycles. The van der Waals surface area contributed by atoms with E-state index in [-0.39, 0.29) is 0 Å². The van der Waals surface area contributed by atoms with Crippen LogP contribution >= 0.6 is 0 Å². The highest BCUT2D eigenvalue weighted by atomic mass is 16.3. The topological polar surface area (TPSA) is 38.0 Å². The molecule has 3 heteroatoms. The number of nitrogens with zero attached hydrogens (tertiary/aromatic N) is 2. The minimum absolute atomic E-state index is 0.430. The number of rotatable bonds is 3. The van der Waals surface area contributed by atoms with Gasteiger partial charge in [-0.3, -0.25) is 4.68 Å². The van der Waals surface area contributed by atoms with Crippen molar-refractivity contribution >= 4 is 6.08 Å². The largest absolute Gasteiger partial charge is 0.390 e. The molecule has 0 amide bonds. The SMILES string of the molecule is CC(/C=C/c1ccn(C)n1)C1CCC(C)(O)CC1. The van der Waals surface area contributed by atoms with E-state index in [0.29, 0.717) is 11.8 Å². The minimum Gasteiger partial charge on any atom is -0.390 e. The number of hydrogen-bond acceptors (Lipinski definition) is 2. The van der Waals surface area contributed by atoms with Crippen molar-refractivity contribution in [3.63, 3.8) is 0 Å². The molecular formula is C15H24N2O. The molecule has 0 spiro atoms. The molecule has 18 heavy (non-hydrogen) atoms. The molecule has 1 fully saturated rings. The zero-order chi connectivity index (χ0) is 13.2. The summed E-state index contributed by atoms with van der Waals surface area (Å²) < 4.78 is 1.82. The fourth-order valence-electron chi connectivity index (χ4n) is 2.72. The maximum Gasteiger partial charge on any atom is 0.0847 e. The maximum atomic E-state index is 9.95. The number of aromatic nitrogens is 2. The molecule has 1 aromatic rings. The second-order valence-electron chi connectivity index (χ2n) is 5.97. The predicted molar refractivity (Wildman–Crippen MR) is 74.0 cm³/mol. The van der Waals surface area contributed by atoms with Crippen LogP contribution in [0.3, 0.4) is 0 Å². The van der Waals surface area contributed by atoms with Crippen molar-refractivity contribution in [2.75, 3.05) is 0 Å². The molecule has 0 bridgehead atoms. The Morgan fingerprint density at radius 1 is 1.50 bits per heavy atom. The predicted octanol–water partition coefficient (Wildman–Crippen LogP) is 3.01. The van der Waals surface area contributed by atoms with E-state index in [2.05, 4.69) is 24.2 Å². The van der Waals surface area contributed by atoms with Crippen LogP contribution in [-0.4, -0.2) is 20.5 Å². The molecule has 1 atom stereocenters. The lowest BCUT2D eigenvalue weighted by molar-refractivity contribution is 0.00335. The van der Waals surface area contributed by atoms with Crippen molar-refractivity contribution in [1.29, 1.82) is 0 Å². The van der Waals surface area contributed by atoms with Gasteiger partial charge in [0.05, 0.1) is 11.3 Å². The van der Waals surface area contributed by atoms with Crippen LogP contribution in [0.25, 0.3) is 6.08 Å². The highest BCUT2D eigenvalue weighted by Gasteiger charge is 2.30. The van der Waals surface area contributed by atoms with E-state index in [0.717, 1.165) is 31.4 Å². The van der Waals surface area contributed by atoms with Gasteiger partial charge in [-0.25, -0.2) is 0 Å². The van der Waals surface area contributed by atoms with E-state index in [9.17, 15) is 5.11 Å². The van der Waals surface area contributed by atoms with Gasteiger partial charge >= 0.3 is 0 Å². The Balaban J connectivity index is 1.89. The monoisotopic (exact) mass is 248 g/mol. The van der Waals surface area contributed by atoms with Crippen molar-refractivity contribution in [3.8, 4) is 0 Å². The van der Waals surface area contributed by atoms with E-state index in [4.69, 9.17) is 0 Å². The molecule has 1 aliphatic rings. The van der Waals surface area contributed by atoms with Crippen LogP contribution in [0.1, 0.15) is 45.2 Å². The summed E-state index contributed by atoms with van der Waals surface area (Å²) in [6.07, 6.45) is 10.4. The molecular weight excluding hydrogens is 224 g/mol. The second kappa shape index (κ2) is 5.27. The third kappa shape index (κ3) is 3.45. The van der Waals surface area contributed by atoms with Crippen LogP contribution in [0.4, 0.5) is 0 Å². The van der Waals surface area contributed by atoms with Gasteiger partial charge in [0.15, 0.2) is 0 Å². The first kappa shape index (κ1) is 13.3. The maximum absolute atomic E-state index is 9.95. The molecule has 0 aliphatic heterocycles. The fraction of sp³-hybridized carbons (Fsp3) is 0.667. The lowest BCUT2D eigenvalue weighted by atomic mass is 9.75. The van der Waals surface area contributed by atoms with Gasteiger partial charge in [0.1, 0.15) is 0 Å². The highest BCUT2D eigenvalue weighted by Crippen LogP contribution is 2.36. The third-order valence-corrected chi connectivity index (χ3v) is 4.16. The fourth-order valence-corrected chi connectivity index (χ4v) is 2.72. The van der Waals surface area contributed by atoms with Gasteiger partial charge in [-0.1, -0.05) is 13.0 Å². The van der Waals surface area contributed by atoms with Crippen LogP contribution in [-0.2, 0) is 7.05 Å². The Labute approximate surface area is 110 Å². The number of allylic oxidation sites excluding steroid dienone is 1.